The van der Waals surface area contributed by atoms with Crippen LogP contribution in [-0.2, 0) is 9.53 Å². The quantitative estimate of drug-likeness (QED) is 0.812. The monoisotopic (exact) mass is 401 g/mol. The summed E-state index contributed by atoms with van der Waals surface area (Å²) in [5, 5.41) is 7.55. The molecule has 0 unspecified atom stereocenters. The summed E-state index contributed by atoms with van der Waals surface area (Å²) in [6.45, 7) is 2.03. The number of aromatic nitrogens is 3. The van der Waals surface area contributed by atoms with Crippen LogP contribution in [0.25, 0.3) is 0 Å². The molecule has 1 N–H and O–H groups in total. The standard InChI is InChI=1S/C20H27N5O4/c1-24-8-6-14(7-9-24)25-20(21-12-22-25)19-18(23-17(26)11-29-19)13-4-5-15(27-2)16(10-13)28-3/h4-5,10,12,14,18-19H,6-9,11H2,1-3H3,(H,23,26)/t18-,19+/m1/s1. The number of amides is 1. The third-order valence-electron chi connectivity index (χ3n) is 5.67. The minimum atomic E-state index is -0.437. The molecule has 29 heavy (non-hydrogen) atoms. The number of methoxy groups -OCH3 is 2. The largest absolute Gasteiger partial charge is 0.493 e. The van der Waals surface area contributed by atoms with E-state index in [9.17, 15) is 4.79 Å². The van der Waals surface area contributed by atoms with Gasteiger partial charge < -0.3 is 24.4 Å². The summed E-state index contributed by atoms with van der Waals surface area (Å²) >= 11 is 0. The molecule has 2 aliphatic rings. The Kier molecular flexibility index (Phi) is 5.68. The van der Waals surface area contributed by atoms with Gasteiger partial charge in [0.1, 0.15) is 19.0 Å². The molecule has 156 valence electrons. The Morgan fingerprint density at radius 1 is 1.17 bits per heavy atom. The molecule has 0 spiro atoms. The highest BCUT2D eigenvalue weighted by Crippen LogP contribution is 2.38. The van der Waals surface area contributed by atoms with Gasteiger partial charge >= 0.3 is 0 Å². The van der Waals surface area contributed by atoms with Crippen molar-refractivity contribution in [2.45, 2.75) is 31.0 Å². The van der Waals surface area contributed by atoms with Gasteiger partial charge in [-0.15, -0.1) is 0 Å². The van der Waals surface area contributed by atoms with E-state index in [0.29, 0.717) is 11.5 Å². The van der Waals surface area contributed by atoms with Gasteiger partial charge in [0.2, 0.25) is 5.91 Å². The first-order chi connectivity index (χ1) is 14.1. The maximum atomic E-state index is 12.1. The fourth-order valence-corrected chi connectivity index (χ4v) is 4.06. The van der Waals surface area contributed by atoms with E-state index in [1.54, 1.807) is 20.5 Å². The number of rotatable bonds is 5. The van der Waals surface area contributed by atoms with Crippen molar-refractivity contribution >= 4 is 5.91 Å². The number of piperidine rings is 1. The predicted octanol–water partition coefficient (Wildman–Crippen LogP) is 1.49. The summed E-state index contributed by atoms with van der Waals surface area (Å²) in [6, 6.07) is 5.47. The van der Waals surface area contributed by atoms with Crippen LogP contribution in [0.5, 0.6) is 11.5 Å². The van der Waals surface area contributed by atoms with Crippen molar-refractivity contribution in [3.05, 3.63) is 35.9 Å². The summed E-state index contributed by atoms with van der Waals surface area (Å²) in [5.74, 6) is 1.80. The van der Waals surface area contributed by atoms with E-state index >= 15 is 0 Å². The third-order valence-corrected chi connectivity index (χ3v) is 5.67. The maximum Gasteiger partial charge on any atom is 0.246 e. The highest BCUT2D eigenvalue weighted by Gasteiger charge is 2.37. The molecule has 2 aliphatic heterocycles. The molecule has 3 heterocycles. The molecule has 1 amide bonds. The summed E-state index contributed by atoms with van der Waals surface area (Å²) < 4.78 is 18.7. The van der Waals surface area contributed by atoms with Crippen molar-refractivity contribution in [3.63, 3.8) is 0 Å². The Balaban J connectivity index is 1.66. The first-order valence-corrected chi connectivity index (χ1v) is 9.81. The first kappa shape index (κ1) is 19.7. The van der Waals surface area contributed by atoms with E-state index in [2.05, 4.69) is 27.3 Å². The van der Waals surface area contributed by atoms with Crippen molar-refractivity contribution in [3.8, 4) is 11.5 Å². The second-order valence-corrected chi connectivity index (χ2v) is 7.49. The van der Waals surface area contributed by atoms with E-state index < -0.39 is 12.1 Å². The Labute approximate surface area is 169 Å². The maximum absolute atomic E-state index is 12.1. The Morgan fingerprint density at radius 2 is 1.93 bits per heavy atom. The lowest BCUT2D eigenvalue weighted by atomic mass is 9.98. The van der Waals surface area contributed by atoms with Crippen LogP contribution in [0.4, 0.5) is 0 Å². The number of benzene rings is 1. The molecule has 0 aliphatic carbocycles. The van der Waals surface area contributed by atoms with Gasteiger partial charge in [-0.05, 0) is 50.7 Å². The average molecular weight is 401 g/mol. The van der Waals surface area contributed by atoms with Gasteiger partial charge in [-0.2, -0.15) is 5.10 Å². The van der Waals surface area contributed by atoms with E-state index in [1.807, 2.05) is 22.9 Å². The van der Waals surface area contributed by atoms with E-state index in [0.717, 1.165) is 37.3 Å². The van der Waals surface area contributed by atoms with Crippen LogP contribution >= 0.6 is 0 Å². The molecular weight excluding hydrogens is 374 g/mol. The number of carbonyl (C=O) groups excluding carboxylic acids is 1. The van der Waals surface area contributed by atoms with Gasteiger partial charge in [-0.3, -0.25) is 4.79 Å². The molecule has 9 nitrogen and oxygen atoms in total. The average Bonchev–Trinajstić information content (AvgIpc) is 3.23. The van der Waals surface area contributed by atoms with Crippen LogP contribution in [0.2, 0.25) is 0 Å². The molecule has 4 rings (SSSR count). The van der Waals surface area contributed by atoms with Crippen LogP contribution in [0.15, 0.2) is 24.5 Å². The zero-order chi connectivity index (χ0) is 20.4. The van der Waals surface area contributed by atoms with Crippen LogP contribution < -0.4 is 14.8 Å². The minimum absolute atomic E-state index is 0.00524. The number of hydrogen-bond donors (Lipinski definition) is 1. The van der Waals surface area contributed by atoms with Gasteiger partial charge in [-0.1, -0.05) is 6.07 Å². The zero-order valence-corrected chi connectivity index (χ0v) is 17.0. The molecule has 0 saturated carbocycles. The van der Waals surface area contributed by atoms with E-state index in [-0.39, 0.29) is 18.6 Å². The second-order valence-electron chi connectivity index (χ2n) is 7.49. The molecule has 2 atom stereocenters. The normalized spacial score (nSPS) is 23.6. The predicted molar refractivity (Wildman–Crippen MR) is 105 cm³/mol. The number of ether oxygens (including phenoxy) is 3. The molecular formula is C20H27N5O4. The molecule has 2 saturated heterocycles. The molecule has 1 aromatic heterocycles. The van der Waals surface area contributed by atoms with E-state index in [1.165, 1.54) is 0 Å². The van der Waals surface area contributed by atoms with Crippen molar-refractivity contribution in [2.24, 2.45) is 0 Å². The SMILES string of the molecule is COc1ccc([C@H]2NC(=O)CO[C@@H]2c2ncnn2C2CCN(C)CC2)cc1OC. The number of likely N-dealkylation sites (tertiary alicyclic amines) is 1. The summed E-state index contributed by atoms with van der Waals surface area (Å²) in [5.41, 5.74) is 0.860. The van der Waals surface area contributed by atoms with Crippen LogP contribution in [0.3, 0.4) is 0 Å². The van der Waals surface area contributed by atoms with Crippen LogP contribution in [0, 0.1) is 0 Å². The van der Waals surface area contributed by atoms with E-state index in [4.69, 9.17) is 14.2 Å². The third kappa shape index (κ3) is 3.92. The number of hydrogen-bond acceptors (Lipinski definition) is 7. The van der Waals surface area contributed by atoms with Gasteiger partial charge in [0, 0.05) is 0 Å². The number of nitrogens with zero attached hydrogens (tertiary/aromatic N) is 4. The van der Waals surface area contributed by atoms with Gasteiger partial charge in [0.05, 0.1) is 26.3 Å². The van der Waals surface area contributed by atoms with Gasteiger partial charge in [0.25, 0.3) is 0 Å². The molecule has 0 radical (unpaired) electrons. The first-order valence-electron chi connectivity index (χ1n) is 9.81. The van der Waals surface area contributed by atoms with Crippen LogP contribution in [-0.4, -0.2) is 66.5 Å². The van der Waals surface area contributed by atoms with Crippen molar-refractivity contribution in [1.29, 1.82) is 0 Å². The topological polar surface area (TPSA) is 90.7 Å². The van der Waals surface area contributed by atoms with Crippen molar-refractivity contribution in [2.75, 3.05) is 41.0 Å². The fraction of sp³-hybridized carbons (Fsp3) is 0.550. The number of carbonyl (C=O) groups is 1. The minimum Gasteiger partial charge on any atom is -0.493 e. The Hall–Kier alpha value is -2.65. The molecule has 9 heteroatoms. The zero-order valence-electron chi connectivity index (χ0n) is 17.0. The fourth-order valence-electron chi connectivity index (χ4n) is 4.06. The Morgan fingerprint density at radius 3 is 2.66 bits per heavy atom. The lowest BCUT2D eigenvalue weighted by Gasteiger charge is -2.35. The number of morpholine rings is 1. The lowest BCUT2D eigenvalue weighted by Crippen LogP contribution is -2.43. The van der Waals surface area contributed by atoms with Crippen LogP contribution in [0.1, 0.15) is 42.4 Å². The molecule has 1 aromatic carbocycles. The highest BCUT2D eigenvalue weighted by molar-refractivity contribution is 5.78. The van der Waals surface area contributed by atoms with Crippen molar-refractivity contribution < 1.29 is 19.0 Å². The molecule has 0 bridgehead atoms. The van der Waals surface area contributed by atoms with Gasteiger partial charge in [0.15, 0.2) is 17.3 Å². The summed E-state index contributed by atoms with van der Waals surface area (Å²) in [7, 11) is 5.31. The van der Waals surface area contributed by atoms with Gasteiger partial charge in [-0.25, -0.2) is 9.67 Å². The summed E-state index contributed by atoms with van der Waals surface area (Å²) in [6.07, 6.45) is 3.15. The smallest absolute Gasteiger partial charge is 0.246 e. The highest BCUT2D eigenvalue weighted by atomic mass is 16.5. The lowest BCUT2D eigenvalue weighted by molar-refractivity contribution is -0.138. The molecule has 2 aromatic rings. The Bertz CT molecular complexity index is 862. The number of nitrogens with one attached hydrogen (secondary N) is 1. The second kappa shape index (κ2) is 8.38. The molecule has 2 fully saturated rings. The van der Waals surface area contributed by atoms with Crippen molar-refractivity contribution in [1.82, 2.24) is 25.0 Å². The summed E-state index contributed by atoms with van der Waals surface area (Å²) in [4.78, 5) is 19.0.